The van der Waals surface area contributed by atoms with E-state index in [2.05, 4.69) is 39.9 Å². The van der Waals surface area contributed by atoms with Gasteiger partial charge in [-0.05, 0) is 86.7 Å². The van der Waals surface area contributed by atoms with Gasteiger partial charge in [-0.15, -0.1) is 0 Å². The molecule has 2 aromatic rings. The van der Waals surface area contributed by atoms with Crippen LogP contribution in [0.5, 0.6) is 0 Å². The van der Waals surface area contributed by atoms with Crippen molar-refractivity contribution >= 4 is 0 Å². The van der Waals surface area contributed by atoms with Crippen LogP contribution >= 0.6 is 0 Å². The van der Waals surface area contributed by atoms with E-state index in [9.17, 15) is 4.39 Å². The Kier molecular flexibility index (Phi) is 4.48. The molecule has 112 valence electrons. The van der Waals surface area contributed by atoms with E-state index in [4.69, 9.17) is 0 Å². The minimum absolute atomic E-state index is 0.142. The summed E-state index contributed by atoms with van der Waals surface area (Å²) >= 11 is 0. The maximum absolute atomic E-state index is 14.6. The van der Waals surface area contributed by atoms with Crippen LogP contribution in [0.25, 0.3) is 11.1 Å². The maximum atomic E-state index is 14.6. The summed E-state index contributed by atoms with van der Waals surface area (Å²) in [6.45, 7) is 11.2. The lowest BCUT2D eigenvalue weighted by molar-refractivity contribution is 0.627. The van der Waals surface area contributed by atoms with Crippen LogP contribution in [0.15, 0.2) is 18.2 Å². The fourth-order valence-electron chi connectivity index (χ4n) is 2.98. The van der Waals surface area contributed by atoms with Gasteiger partial charge in [-0.2, -0.15) is 0 Å². The SMILES string of the molecule is CNCc1ccc(-c2c(C)c(C)c(C)c(C)c2C)c(F)c1. The highest BCUT2D eigenvalue weighted by molar-refractivity contribution is 5.75. The molecule has 21 heavy (non-hydrogen) atoms. The van der Waals surface area contributed by atoms with E-state index < -0.39 is 0 Å². The molecule has 1 N–H and O–H groups in total. The summed E-state index contributed by atoms with van der Waals surface area (Å²) in [5.74, 6) is -0.142. The highest BCUT2D eigenvalue weighted by atomic mass is 19.1. The van der Waals surface area contributed by atoms with E-state index in [-0.39, 0.29) is 5.82 Å². The second-order valence-electron chi connectivity index (χ2n) is 5.84. The topological polar surface area (TPSA) is 12.0 Å². The zero-order valence-corrected chi connectivity index (χ0v) is 13.8. The molecular formula is C19H24FN. The first kappa shape index (κ1) is 15.7. The zero-order chi connectivity index (χ0) is 15.7. The van der Waals surface area contributed by atoms with Gasteiger partial charge in [0.25, 0.3) is 0 Å². The Labute approximate surface area is 127 Å². The summed E-state index contributed by atoms with van der Waals surface area (Å²) in [6, 6.07) is 5.54. The Hall–Kier alpha value is -1.67. The largest absolute Gasteiger partial charge is 0.316 e. The Morgan fingerprint density at radius 1 is 0.857 bits per heavy atom. The van der Waals surface area contributed by atoms with E-state index in [1.54, 1.807) is 6.07 Å². The summed E-state index contributed by atoms with van der Waals surface area (Å²) in [5, 5.41) is 3.05. The highest BCUT2D eigenvalue weighted by Crippen LogP contribution is 2.35. The first-order chi connectivity index (χ1) is 9.88. The van der Waals surface area contributed by atoms with Crippen molar-refractivity contribution in [3.05, 3.63) is 57.4 Å². The monoisotopic (exact) mass is 285 g/mol. The molecule has 1 nitrogen and oxygen atoms in total. The van der Waals surface area contributed by atoms with Crippen LogP contribution in [0.4, 0.5) is 4.39 Å². The van der Waals surface area contributed by atoms with E-state index in [0.29, 0.717) is 12.1 Å². The summed E-state index contributed by atoms with van der Waals surface area (Å²) in [5.41, 5.74) is 8.89. The van der Waals surface area contributed by atoms with Crippen LogP contribution in [0.2, 0.25) is 0 Å². The van der Waals surface area contributed by atoms with Crippen molar-refractivity contribution < 1.29 is 4.39 Å². The van der Waals surface area contributed by atoms with Gasteiger partial charge in [0.05, 0.1) is 0 Å². The molecule has 0 amide bonds. The molecule has 2 heteroatoms. The van der Waals surface area contributed by atoms with Crippen molar-refractivity contribution in [2.75, 3.05) is 7.05 Å². The number of rotatable bonds is 3. The molecule has 0 aromatic heterocycles. The zero-order valence-electron chi connectivity index (χ0n) is 13.8. The second-order valence-corrected chi connectivity index (χ2v) is 5.84. The van der Waals surface area contributed by atoms with Crippen molar-refractivity contribution in [1.29, 1.82) is 0 Å². The van der Waals surface area contributed by atoms with Gasteiger partial charge in [0.15, 0.2) is 0 Å². The minimum atomic E-state index is -0.142. The van der Waals surface area contributed by atoms with Crippen LogP contribution in [0, 0.1) is 40.4 Å². The lowest BCUT2D eigenvalue weighted by atomic mass is 9.86. The predicted octanol–water partition coefficient (Wildman–Crippen LogP) is 4.75. The van der Waals surface area contributed by atoms with Gasteiger partial charge in [-0.3, -0.25) is 0 Å². The van der Waals surface area contributed by atoms with E-state index >= 15 is 0 Å². The van der Waals surface area contributed by atoms with Crippen molar-refractivity contribution in [1.82, 2.24) is 5.32 Å². The molecule has 0 bridgehead atoms. The summed E-state index contributed by atoms with van der Waals surface area (Å²) < 4.78 is 14.6. The quantitative estimate of drug-likeness (QED) is 0.857. The summed E-state index contributed by atoms with van der Waals surface area (Å²) in [4.78, 5) is 0. The van der Waals surface area contributed by atoms with Crippen LogP contribution in [0.3, 0.4) is 0 Å². The molecule has 0 aliphatic heterocycles. The van der Waals surface area contributed by atoms with E-state index in [1.807, 2.05) is 19.2 Å². The fourth-order valence-corrected chi connectivity index (χ4v) is 2.98. The average molecular weight is 285 g/mol. The normalized spacial score (nSPS) is 11.0. The number of halogens is 1. The molecule has 0 saturated heterocycles. The first-order valence-electron chi connectivity index (χ1n) is 7.38. The standard InChI is InChI=1S/C19H24FN/c1-11-12(2)14(4)19(15(5)13(11)3)17-8-7-16(10-21-6)9-18(17)20/h7-9,21H,10H2,1-6H3. The first-order valence-corrected chi connectivity index (χ1v) is 7.38. The van der Waals surface area contributed by atoms with Crippen molar-refractivity contribution in [2.45, 2.75) is 41.2 Å². The summed E-state index contributed by atoms with van der Waals surface area (Å²) in [7, 11) is 1.87. The van der Waals surface area contributed by atoms with Gasteiger partial charge in [0.2, 0.25) is 0 Å². The number of benzene rings is 2. The van der Waals surface area contributed by atoms with Crippen molar-refractivity contribution in [2.24, 2.45) is 0 Å². The molecule has 0 radical (unpaired) electrons. The maximum Gasteiger partial charge on any atom is 0.131 e. The lowest BCUT2D eigenvalue weighted by Crippen LogP contribution is -2.06. The van der Waals surface area contributed by atoms with Gasteiger partial charge in [-0.1, -0.05) is 12.1 Å². The van der Waals surface area contributed by atoms with E-state index in [0.717, 1.165) is 11.1 Å². The predicted molar refractivity (Wildman–Crippen MR) is 88.3 cm³/mol. The van der Waals surface area contributed by atoms with Crippen molar-refractivity contribution in [3.63, 3.8) is 0 Å². The Bertz CT molecular complexity index is 657. The van der Waals surface area contributed by atoms with Crippen LogP contribution in [0.1, 0.15) is 33.4 Å². The third kappa shape index (κ3) is 2.73. The molecule has 0 saturated carbocycles. The number of hydrogen-bond donors (Lipinski definition) is 1. The minimum Gasteiger partial charge on any atom is -0.316 e. The second kappa shape index (κ2) is 5.98. The lowest BCUT2D eigenvalue weighted by Gasteiger charge is -2.19. The average Bonchev–Trinajstić information content (AvgIpc) is 2.46. The van der Waals surface area contributed by atoms with Crippen LogP contribution in [-0.2, 0) is 6.54 Å². The molecule has 0 aliphatic rings. The Balaban J connectivity index is 2.68. The molecule has 0 aliphatic carbocycles. The molecule has 0 spiro atoms. The van der Waals surface area contributed by atoms with Gasteiger partial charge in [-0.25, -0.2) is 4.39 Å². The van der Waals surface area contributed by atoms with Gasteiger partial charge in [0, 0.05) is 12.1 Å². The number of nitrogens with one attached hydrogen (secondary N) is 1. The highest BCUT2D eigenvalue weighted by Gasteiger charge is 2.16. The van der Waals surface area contributed by atoms with Crippen molar-refractivity contribution in [3.8, 4) is 11.1 Å². The molecule has 2 rings (SSSR count). The molecule has 0 unspecified atom stereocenters. The third-order valence-corrected chi connectivity index (χ3v) is 4.68. The van der Waals surface area contributed by atoms with Gasteiger partial charge < -0.3 is 5.32 Å². The van der Waals surface area contributed by atoms with Gasteiger partial charge in [0.1, 0.15) is 5.82 Å². The molecule has 0 fully saturated rings. The molecule has 0 heterocycles. The third-order valence-electron chi connectivity index (χ3n) is 4.68. The van der Waals surface area contributed by atoms with Crippen LogP contribution in [-0.4, -0.2) is 7.05 Å². The number of hydrogen-bond acceptors (Lipinski definition) is 1. The van der Waals surface area contributed by atoms with Gasteiger partial charge >= 0.3 is 0 Å². The van der Waals surface area contributed by atoms with Crippen LogP contribution < -0.4 is 5.32 Å². The summed E-state index contributed by atoms with van der Waals surface area (Å²) in [6.07, 6.45) is 0. The molecule has 2 aromatic carbocycles. The Morgan fingerprint density at radius 3 is 1.86 bits per heavy atom. The molecule has 0 atom stereocenters. The fraction of sp³-hybridized carbons (Fsp3) is 0.368. The Morgan fingerprint density at radius 2 is 1.38 bits per heavy atom. The molecular weight excluding hydrogens is 261 g/mol. The van der Waals surface area contributed by atoms with E-state index in [1.165, 1.54) is 27.8 Å². The smallest absolute Gasteiger partial charge is 0.131 e.